The number of carbonyl (C=O) groups is 1. The summed E-state index contributed by atoms with van der Waals surface area (Å²) >= 11 is 0. The highest BCUT2D eigenvalue weighted by molar-refractivity contribution is 5.84. The van der Waals surface area contributed by atoms with Crippen LogP contribution in [0.4, 0.5) is 0 Å². The van der Waals surface area contributed by atoms with Crippen LogP contribution in [0.1, 0.15) is 39.2 Å². The molecule has 0 unspecified atom stereocenters. The molecule has 0 amide bonds. The smallest absolute Gasteiger partial charge is 0.173 e. The summed E-state index contributed by atoms with van der Waals surface area (Å²) in [6.07, 6.45) is 2.09. The van der Waals surface area contributed by atoms with Crippen LogP contribution in [0.2, 0.25) is 0 Å². The molecule has 0 radical (unpaired) electrons. The highest BCUT2D eigenvalue weighted by atomic mass is 16.5. The second kappa shape index (κ2) is 4.52. The lowest BCUT2D eigenvalue weighted by atomic mass is 9.87. The van der Waals surface area contributed by atoms with Gasteiger partial charge >= 0.3 is 0 Å². The number of carbonyl (C=O) groups excluding carboxylic acids is 1. The van der Waals surface area contributed by atoms with E-state index in [9.17, 15) is 4.79 Å². The number of ether oxygens (including phenoxy) is 1. The third kappa shape index (κ3) is 3.32. The maximum absolute atomic E-state index is 11.5. The fourth-order valence-electron chi connectivity index (χ4n) is 1.73. The zero-order chi connectivity index (χ0) is 12.5. The van der Waals surface area contributed by atoms with Gasteiger partial charge in [-0.25, -0.2) is 0 Å². The number of Topliss-reactive ketones (excluding diaryl/α,β-unsaturated/α-hetero) is 1. The summed E-state index contributed by atoms with van der Waals surface area (Å²) in [4.78, 5) is 11.5. The Kier molecular flexibility index (Phi) is 3.23. The van der Waals surface area contributed by atoms with Crippen LogP contribution in [0.3, 0.4) is 0 Å². The number of hydrogen-bond acceptors (Lipinski definition) is 2. The average molecular weight is 232 g/mol. The Labute approximate surface area is 103 Å². The van der Waals surface area contributed by atoms with E-state index in [4.69, 9.17) is 4.74 Å². The lowest BCUT2D eigenvalue weighted by Crippen LogP contribution is -2.13. The molecule has 17 heavy (non-hydrogen) atoms. The van der Waals surface area contributed by atoms with Crippen molar-refractivity contribution in [1.29, 1.82) is 0 Å². The van der Waals surface area contributed by atoms with Crippen molar-refractivity contribution in [2.24, 2.45) is 5.92 Å². The summed E-state index contributed by atoms with van der Waals surface area (Å²) in [5.41, 5.74) is 1.43. The lowest BCUT2D eigenvalue weighted by Gasteiger charge is -2.19. The minimum absolute atomic E-state index is 0.155. The molecule has 0 bridgehead atoms. The first-order valence-corrected chi connectivity index (χ1v) is 6.23. The summed E-state index contributed by atoms with van der Waals surface area (Å²) in [7, 11) is 0. The standard InChI is InChI=1S/C15H20O2/c1-15(2,3)12-6-8-13(9-7-12)17-10-14(16)11-4-5-11/h6-9,11H,4-5,10H2,1-3H3. The molecule has 2 rings (SSSR count). The van der Waals surface area contributed by atoms with Crippen molar-refractivity contribution in [3.05, 3.63) is 29.8 Å². The predicted molar refractivity (Wildman–Crippen MR) is 68.4 cm³/mol. The van der Waals surface area contributed by atoms with Crippen LogP contribution in [0.5, 0.6) is 5.75 Å². The second-order valence-electron chi connectivity index (χ2n) is 5.80. The Balaban J connectivity index is 1.91. The molecule has 1 aliphatic carbocycles. The van der Waals surface area contributed by atoms with Crippen LogP contribution in [0.25, 0.3) is 0 Å². The molecule has 0 spiro atoms. The Hall–Kier alpha value is -1.31. The molecule has 0 aromatic heterocycles. The van der Waals surface area contributed by atoms with Crippen molar-refractivity contribution in [2.45, 2.75) is 39.0 Å². The van der Waals surface area contributed by atoms with Gasteiger partial charge in [-0.3, -0.25) is 4.79 Å². The fraction of sp³-hybridized carbons (Fsp3) is 0.533. The second-order valence-corrected chi connectivity index (χ2v) is 5.80. The molecule has 2 nitrogen and oxygen atoms in total. The Morgan fingerprint density at radius 3 is 2.29 bits per heavy atom. The van der Waals surface area contributed by atoms with Crippen LogP contribution in [-0.2, 0) is 10.2 Å². The van der Waals surface area contributed by atoms with Crippen LogP contribution in [0.15, 0.2) is 24.3 Å². The van der Waals surface area contributed by atoms with Gasteiger partial charge in [-0.1, -0.05) is 32.9 Å². The molecule has 1 aromatic carbocycles. The van der Waals surface area contributed by atoms with Crippen molar-refractivity contribution >= 4 is 5.78 Å². The van der Waals surface area contributed by atoms with E-state index in [1.54, 1.807) is 0 Å². The van der Waals surface area contributed by atoms with E-state index < -0.39 is 0 Å². The fourth-order valence-corrected chi connectivity index (χ4v) is 1.73. The SMILES string of the molecule is CC(C)(C)c1ccc(OCC(=O)C2CC2)cc1. The van der Waals surface area contributed by atoms with E-state index >= 15 is 0 Å². The molecule has 1 aliphatic rings. The van der Waals surface area contributed by atoms with Gasteiger partial charge in [0, 0.05) is 5.92 Å². The van der Waals surface area contributed by atoms with Crippen molar-refractivity contribution in [3.63, 3.8) is 0 Å². The molecule has 0 heterocycles. The van der Waals surface area contributed by atoms with E-state index in [1.165, 1.54) is 5.56 Å². The van der Waals surface area contributed by atoms with E-state index in [0.29, 0.717) is 0 Å². The van der Waals surface area contributed by atoms with E-state index in [0.717, 1.165) is 18.6 Å². The maximum atomic E-state index is 11.5. The molecular formula is C15H20O2. The minimum atomic E-state index is 0.155. The highest BCUT2D eigenvalue weighted by Gasteiger charge is 2.29. The molecule has 1 saturated carbocycles. The van der Waals surface area contributed by atoms with Crippen LogP contribution < -0.4 is 4.74 Å². The van der Waals surface area contributed by atoms with Crippen molar-refractivity contribution in [1.82, 2.24) is 0 Å². The van der Waals surface area contributed by atoms with Gasteiger partial charge in [-0.15, -0.1) is 0 Å². The van der Waals surface area contributed by atoms with Gasteiger partial charge in [-0.2, -0.15) is 0 Å². The van der Waals surface area contributed by atoms with Gasteiger partial charge in [0.2, 0.25) is 0 Å². The third-order valence-corrected chi connectivity index (χ3v) is 3.13. The average Bonchev–Trinajstić information content (AvgIpc) is 3.09. The molecule has 0 aliphatic heterocycles. The quantitative estimate of drug-likeness (QED) is 0.795. The third-order valence-electron chi connectivity index (χ3n) is 3.13. The Morgan fingerprint density at radius 1 is 1.24 bits per heavy atom. The van der Waals surface area contributed by atoms with Crippen LogP contribution in [-0.4, -0.2) is 12.4 Å². The van der Waals surface area contributed by atoms with Crippen LogP contribution >= 0.6 is 0 Å². The summed E-state index contributed by atoms with van der Waals surface area (Å²) in [5.74, 6) is 1.31. The molecule has 1 aromatic rings. The summed E-state index contributed by atoms with van der Waals surface area (Å²) in [5, 5.41) is 0. The van der Waals surface area contributed by atoms with Gasteiger partial charge in [0.15, 0.2) is 5.78 Å². The van der Waals surface area contributed by atoms with Crippen molar-refractivity contribution in [3.8, 4) is 5.75 Å². The molecule has 92 valence electrons. The van der Waals surface area contributed by atoms with E-state index in [1.807, 2.05) is 12.1 Å². The van der Waals surface area contributed by atoms with Gasteiger partial charge in [0.1, 0.15) is 12.4 Å². The summed E-state index contributed by atoms with van der Waals surface area (Å²) in [6, 6.07) is 8.02. The Morgan fingerprint density at radius 2 is 1.82 bits per heavy atom. The number of rotatable bonds is 4. The lowest BCUT2D eigenvalue weighted by molar-refractivity contribution is -0.122. The molecule has 1 fully saturated rings. The molecule has 0 atom stereocenters. The minimum Gasteiger partial charge on any atom is -0.486 e. The predicted octanol–water partition coefficient (Wildman–Crippen LogP) is 3.34. The molecule has 2 heteroatoms. The first-order chi connectivity index (χ1) is 7.97. The topological polar surface area (TPSA) is 26.3 Å². The first-order valence-electron chi connectivity index (χ1n) is 6.23. The van der Waals surface area contributed by atoms with Crippen molar-refractivity contribution in [2.75, 3.05) is 6.61 Å². The van der Waals surface area contributed by atoms with Gasteiger partial charge < -0.3 is 4.74 Å². The number of ketones is 1. The summed E-state index contributed by atoms with van der Waals surface area (Å²) in [6.45, 7) is 6.76. The zero-order valence-electron chi connectivity index (χ0n) is 10.8. The van der Waals surface area contributed by atoms with E-state index in [2.05, 4.69) is 32.9 Å². The van der Waals surface area contributed by atoms with Crippen LogP contribution in [0, 0.1) is 5.92 Å². The first kappa shape index (κ1) is 12.2. The van der Waals surface area contributed by atoms with E-state index in [-0.39, 0.29) is 23.7 Å². The van der Waals surface area contributed by atoms with Gasteiger partial charge in [-0.05, 0) is 36.0 Å². The maximum Gasteiger partial charge on any atom is 0.173 e. The van der Waals surface area contributed by atoms with Gasteiger partial charge in [0.25, 0.3) is 0 Å². The van der Waals surface area contributed by atoms with Crippen molar-refractivity contribution < 1.29 is 9.53 Å². The number of benzene rings is 1. The number of hydrogen-bond donors (Lipinski definition) is 0. The normalized spacial score (nSPS) is 15.7. The van der Waals surface area contributed by atoms with Gasteiger partial charge in [0.05, 0.1) is 0 Å². The highest BCUT2D eigenvalue weighted by Crippen LogP contribution is 2.30. The largest absolute Gasteiger partial charge is 0.486 e. The molecular weight excluding hydrogens is 212 g/mol. The molecule has 0 N–H and O–H groups in total. The monoisotopic (exact) mass is 232 g/mol. The molecule has 0 saturated heterocycles. The summed E-state index contributed by atoms with van der Waals surface area (Å²) < 4.78 is 5.49. The zero-order valence-corrected chi connectivity index (χ0v) is 10.8. The Bertz CT molecular complexity index is 394.